The standard InChI is InChI=1S/C22H29FN4O2/c1-13-9-10-15(23)14(12-13)19-25-17(16-8-6-7-11-27(16)19)20(28)26-18(21(29)24-5)22(2,3)4/h9-10,12,18H,6-8,11H2,1-5H3,(H,24,29)(H,26,28). The first-order valence-electron chi connectivity index (χ1n) is 10.0. The Morgan fingerprint density at radius 3 is 2.62 bits per heavy atom. The summed E-state index contributed by atoms with van der Waals surface area (Å²) in [5, 5.41) is 5.45. The van der Waals surface area contributed by atoms with Crippen LogP contribution in [-0.2, 0) is 17.8 Å². The quantitative estimate of drug-likeness (QED) is 0.827. The van der Waals surface area contributed by atoms with Crippen molar-refractivity contribution in [3.8, 4) is 11.4 Å². The van der Waals surface area contributed by atoms with Gasteiger partial charge in [-0.25, -0.2) is 9.37 Å². The lowest BCUT2D eigenvalue weighted by atomic mass is 9.86. The number of imidazole rings is 1. The van der Waals surface area contributed by atoms with Crippen molar-refractivity contribution in [3.05, 3.63) is 41.0 Å². The molecule has 3 rings (SSSR count). The second kappa shape index (κ2) is 7.97. The third-order valence-electron chi connectivity index (χ3n) is 5.35. The lowest BCUT2D eigenvalue weighted by molar-refractivity contribution is -0.124. The van der Waals surface area contributed by atoms with Gasteiger partial charge in [-0.2, -0.15) is 0 Å². The summed E-state index contributed by atoms with van der Waals surface area (Å²) in [6.45, 7) is 8.26. The first-order chi connectivity index (χ1) is 13.6. The molecule has 1 aromatic carbocycles. The van der Waals surface area contributed by atoms with Crippen molar-refractivity contribution in [2.45, 2.75) is 59.5 Å². The molecule has 6 nitrogen and oxygen atoms in total. The third-order valence-corrected chi connectivity index (χ3v) is 5.35. The normalized spacial score (nSPS) is 14.8. The summed E-state index contributed by atoms with van der Waals surface area (Å²) in [5.74, 6) is -0.556. The molecule has 156 valence electrons. The minimum absolute atomic E-state index is 0.260. The van der Waals surface area contributed by atoms with E-state index in [1.54, 1.807) is 19.2 Å². The monoisotopic (exact) mass is 400 g/mol. The number of rotatable bonds is 4. The summed E-state index contributed by atoms with van der Waals surface area (Å²) < 4.78 is 16.5. The van der Waals surface area contributed by atoms with E-state index < -0.39 is 17.4 Å². The fourth-order valence-electron chi connectivity index (χ4n) is 3.76. The number of fused-ring (bicyclic) bond motifs is 1. The van der Waals surface area contributed by atoms with Gasteiger partial charge < -0.3 is 15.2 Å². The highest BCUT2D eigenvalue weighted by atomic mass is 19.1. The molecule has 0 saturated heterocycles. The summed E-state index contributed by atoms with van der Waals surface area (Å²) >= 11 is 0. The molecule has 1 atom stereocenters. The third kappa shape index (κ3) is 4.18. The Balaban J connectivity index is 2.04. The Morgan fingerprint density at radius 1 is 1.24 bits per heavy atom. The van der Waals surface area contributed by atoms with Gasteiger partial charge in [0.15, 0.2) is 0 Å². The van der Waals surface area contributed by atoms with E-state index in [1.165, 1.54) is 6.07 Å². The van der Waals surface area contributed by atoms with Gasteiger partial charge >= 0.3 is 0 Å². The Morgan fingerprint density at radius 2 is 1.97 bits per heavy atom. The molecule has 0 bridgehead atoms. The fourth-order valence-corrected chi connectivity index (χ4v) is 3.76. The van der Waals surface area contributed by atoms with Gasteiger partial charge in [-0.3, -0.25) is 9.59 Å². The summed E-state index contributed by atoms with van der Waals surface area (Å²) in [5.41, 5.74) is 1.92. The number of hydrogen-bond donors (Lipinski definition) is 2. The van der Waals surface area contributed by atoms with Crippen molar-refractivity contribution in [1.29, 1.82) is 0 Å². The van der Waals surface area contributed by atoms with Gasteiger partial charge in [0.1, 0.15) is 23.4 Å². The van der Waals surface area contributed by atoms with Gasteiger partial charge in [0.25, 0.3) is 5.91 Å². The number of amides is 2. The average Bonchev–Trinajstić information content (AvgIpc) is 3.06. The summed E-state index contributed by atoms with van der Waals surface area (Å²) in [6.07, 6.45) is 2.59. The minimum atomic E-state index is -0.708. The maximum absolute atomic E-state index is 14.5. The van der Waals surface area contributed by atoms with Crippen LogP contribution in [0.2, 0.25) is 0 Å². The molecular formula is C22H29FN4O2. The maximum atomic E-state index is 14.5. The molecule has 29 heavy (non-hydrogen) atoms. The molecule has 2 amide bonds. The van der Waals surface area contributed by atoms with Crippen molar-refractivity contribution < 1.29 is 14.0 Å². The number of aromatic nitrogens is 2. The number of hydrogen-bond acceptors (Lipinski definition) is 3. The molecule has 1 aliphatic rings. The van der Waals surface area contributed by atoms with Crippen molar-refractivity contribution in [2.75, 3.05) is 7.05 Å². The van der Waals surface area contributed by atoms with E-state index in [0.717, 1.165) is 24.1 Å². The fraction of sp³-hybridized carbons (Fsp3) is 0.500. The number of carbonyl (C=O) groups is 2. The first-order valence-corrected chi connectivity index (χ1v) is 10.0. The zero-order valence-electron chi connectivity index (χ0n) is 17.7. The molecule has 0 fully saturated rings. The van der Waals surface area contributed by atoms with E-state index in [0.29, 0.717) is 24.4 Å². The van der Waals surface area contributed by atoms with Gasteiger partial charge in [0, 0.05) is 13.6 Å². The number of carbonyl (C=O) groups excluding carboxylic acids is 2. The van der Waals surface area contributed by atoms with E-state index in [1.807, 2.05) is 32.3 Å². The molecule has 1 unspecified atom stereocenters. The van der Waals surface area contributed by atoms with Gasteiger partial charge in [-0.1, -0.05) is 32.4 Å². The van der Waals surface area contributed by atoms with E-state index in [2.05, 4.69) is 15.6 Å². The summed E-state index contributed by atoms with van der Waals surface area (Å²) in [4.78, 5) is 30.0. The van der Waals surface area contributed by atoms with Crippen LogP contribution in [0.5, 0.6) is 0 Å². The van der Waals surface area contributed by atoms with Crippen molar-refractivity contribution in [2.24, 2.45) is 5.41 Å². The molecule has 0 saturated carbocycles. The molecule has 7 heteroatoms. The zero-order chi connectivity index (χ0) is 21.3. The molecule has 0 radical (unpaired) electrons. The molecule has 0 spiro atoms. The Labute approximate surface area is 170 Å². The highest BCUT2D eigenvalue weighted by molar-refractivity contribution is 5.98. The van der Waals surface area contributed by atoms with E-state index in [9.17, 15) is 14.0 Å². The van der Waals surface area contributed by atoms with Crippen molar-refractivity contribution >= 4 is 11.8 Å². The van der Waals surface area contributed by atoms with Crippen molar-refractivity contribution in [1.82, 2.24) is 20.2 Å². The topological polar surface area (TPSA) is 76.0 Å². The largest absolute Gasteiger partial charge is 0.357 e. The Kier molecular flexibility index (Phi) is 5.78. The highest BCUT2D eigenvalue weighted by Crippen LogP contribution is 2.30. The van der Waals surface area contributed by atoms with Crippen LogP contribution in [0, 0.1) is 18.2 Å². The number of likely N-dealkylation sites (N-methyl/N-ethyl adjacent to an activating group) is 1. The number of nitrogens with zero attached hydrogens (tertiary/aromatic N) is 2. The van der Waals surface area contributed by atoms with Crippen LogP contribution >= 0.6 is 0 Å². The van der Waals surface area contributed by atoms with E-state index >= 15 is 0 Å². The van der Waals surface area contributed by atoms with Gasteiger partial charge in [0.05, 0.1) is 11.3 Å². The minimum Gasteiger partial charge on any atom is -0.357 e. The lowest BCUT2D eigenvalue weighted by Crippen LogP contribution is -2.53. The van der Waals surface area contributed by atoms with E-state index in [-0.39, 0.29) is 17.4 Å². The van der Waals surface area contributed by atoms with Crippen LogP contribution in [0.4, 0.5) is 4.39 Å². The number of halogens is 1. The van der Waals surface area contributed by atoms with Crippen LogP contribution in [0.25, 0.3) is 11.4 Å². The van der Waals surface area contributed by atoms with Crippen LogP contribution < -0.4 is 10.6 Å². The Hall–Kier alpha value is -2.70. The van der Waals surface area contributed by atoms with Crippen molar-refractivity contribution in [3.63, 3.8) is 0 Å². The maximum Gasteiger partial charge on any atom is 0.272 e. The van der Waals surface area contributed by atoms with Crippen LogP contribution in [0.15, 0.2) is 18.2 Å². The summed E-state index contributed by atoms with van der Waals surface area (Å²) in [7, 11) is 1.55. The molecule has 1 aliphatic heterocycles. The average molecular weight is 400 g/mol. The van der Waals surface area contributed by atoms with Crippen LogP contribution in [0.3, 0.4) is 0 Å². The molecule has 2 N–H and O–H groups in total. The number of nitrogens with one attached hydrogen (secondary N) is 2. The highest BCUT2D eigenvalue weighted by Gasteiger charge is 2.34. The summed E-state index contributed by atoms with van der Waals surface area (Å²) in [6, 6.07) is 4.18. The smallest absolute Gasteiger partial charge is 0.272 e. The zero-order valence-corrected chi connectivity index (χ0v) is 17.7. The second-order valence-electron chi connectivity index (χ2n) is 8.71. The number of aryl methyl sites for hydroxylation is 1. The second-order valence-corrected chi connectivity index (χ2v) is 8.71. The van der Waals surface area contributed by atoms with E-state index in [4.69, 9.17) is 0 Å². The Bertz CT molecular complexity index is 943. The first kappa shape index (κ1) is 21.0. The van der Waals surface area contributed by atoms with Crippen LogP contribution in [-0.4, -0.2) is 34.5 Å². The van der Waals surface area contributed by atoms with Gasteiger partial charge in [-0.15, -0.1) is 0 Å². The van der Waals surface area contributed by atoms with Gasteiger partial charge in [0.2, 0.25) is 5.91 Å². The van der Waals surface area contributed by atoms with Crippen LogP contribution in [0.1, 0.15) is 55.4 Å². The van der Waals surface area contributed by atoms with Gasteiger partial charge in [-0.05, 0) is 43.7 Å². The molecule has 1 aromatic heterocycles. The molecular weight excluding hydrogens is 371 g/mol. The lowest BCUT2D eigenvalue weighted by Gasteiger charge is -2.29. The molecule has 2 heterocycles. The SMILES string of the molecule is CNC(=O)C(NC(=O)c1nc(-c2cc(C)ccc2F)n2c1CCCC2)C(C)(C)C. The molecule has 0 aliphatic carbocycles. The predicted molar refractivity (Wildman–Crippen MR) is 110 cm³/mol. The number of benzene rings is 1. The predicted octanol–water partition coefficient (Wildman–Crippen LogP) is 3.22. The molecule has 2 aromatic rings.